The van der Waals surface area contributed by atoms with Gasteiger partial charge >= 0.3 is 0 Å². The molecule has 0 atom stereocenters. The minimum Gasteiger partial charge on any atom is -0.306 e. The van der Waals surface area contributed by atoms with Crippen molar-refractivity contribution < 1.29 is 0 Å². The number of rotatable bonds is 4. The Bertz CT molecular complexity index is 325. The van der Waals surface area contributed by atoms with Crippen LogP contribution >= 0.6 is 0 Å². The first-order chi connectivity index (χ1) is 9.67. The van der Waals surface area contributed by atoms with Crippen molar-refractivity contribution in [1.82, 2.24) is 9.80 Å². The summed E-state index contributed by atoms with van der Waals surface area (Å²) in [5.74, 6) is 0. The van der Waals surface area contributed by atoms with Crippen LogP contribution in [-0.2, 0) is 6.54 Å². The maximum absolute atomic E-state index is 2.56. The zero-order chi connectivity index (χ0) is 14.8. The highest BCUT2D eigenvalue weighted by Crippen LogP contribution is 2.16. The molecule has 0 saturated carbocycles. The summed E-state index contributed by atoms with van der Waals surface area (Å²) in [6.45, 7) is 7.94. The van der Waals surface area contributed by atoms with E-state index >= 15 is 0 Å². The van der Waals surface area contributed by atoms with Gasteiger partial charge in [-0.1, -0.05) is 57.0 Å². The SMILES string of the molecule is CCCC.CN(C)C1CCN(Cc2ccccc2)CC1. The number of unbranched alkanes of at least 4 members (excludes halogenated alkanes) is 1. The van der Waals surface area contributed by atoms with E-state index in [4.69, 9.17) is 0 Å². The molecule has 0 radical (unpaired) electrons. The van der Waals surface area contributed by atoms with Gasteiger partial charge < -0.3 is 4.90 Å². The third kappa shape index (κ3) is 6.53. The highest BCUT2D eigenvalue weighted by atomic mass is 15.2. The Morgan fingerprint density at radius 3 is 2.00 bits per heavy atom. The van der Waals surface area contributed by atoms with Crippen LogP contribution in [0.5, 0.6) is 0 Å². The van der Waals surface area contributed by atoms with E-state index in [1.807, 2.05) is 0 Å². The van der Waals surface area contributed by atoms with Crippen LogP contribution in [0, 0.1) is 0 Å². The summed E-state index contributed by atoms with van der Waals surface area (Å²) in [5, 5.41) is 0. The van der Waals surface area contributed by atoms with Crippen LogP contribution < -0.4 is 0 Å². The number of benzene rings is 1. The Hall–Kier alpha value is -0.860. The molecule has 2 nitrogen and oxygen atoms in total. The molecule has 0 amide bonds. The third-order valence-corrected chi connectivity index (χ3v) is 4.04. The van der Waals surface area contributed by atoms with Gasteiger partial charge in [0.25, 0.3) is 0 Å². The minimum absolute atomic E-state index is 0.784. The number of likely N-dealkylation sites (tertiary alicyclic amines) is 1. The molecule has 2 heteroatoms. The van der Waals surface area contributed by atoms with Gasteiger partial charge in [0.1, 0.15) is 0 Å². The van der Waals surface area contributed by atoms with Crippen LogP contribution in [0.3, 0.4) is 0 Å². The Morgan fingerprint density at radius 1 is 1.00 bits per heavy atom. The first kappa shape index (κ1) is 17.2. The van der Waals surface area contributed by atoms with Crippen molar-refractivity contribution in [2.75, 3.05) is 27.2 Å². The molecule has 0 unspecified atom stereocenters. The summed E-state index contributed by atoms with van der Waals surface area (Å²) >= 11 is 0. The molecule has 0 aliphatic carbocycles. The second-order valence-electron chi connectivity index (χ2n) is 5.96. The van der Waals surface area contributed by atoms with E-state index in [1.165, 1.54) is 44.3 Å². The highest BCUT2D eigenvalue weighted by Gasteiger charge is 2.20. The molecule has 2 rings (SSSR count). The minimum atomic E-state index is 0.784. The molecule has 0 aromatic heterocycles. The van der Waals surface area contributed by atoms with E-state index in [2.05, 4.69) is 68.1 Å². The standard InChI is InChI=1S/C14H22N2.C4H10/c1-15(2)14-8-10-16(11-9-14)12-13-6-4-3-5-7-13;1-3-4-2/h3-7,14H,8-12H2,1-2H3;3-4H2,1-2H3. The highest BCUT2D eigenvalue weighted by molar-refractivity contribution is 5.14. The molecule has 114 valence electrons. The zero-order valence-corrected chi connectivity index (χ0v) is 13.8. The summed E-state index contributed by atoms with van der Waals surface area (Å²) in [4.78, 5) is 4.93. The molecule has 20 heavy (non-hydrogen) atoms. The third-order valence-electron chi connectivity index (χ3n) is 4.04. The van der Waals surface area contributed by atoms with Gasteiger partial charge in [-0.2, -0.15) is 0 Å². The van der Waals surface area contributed by atoms with Crippen molar-refractivity contribution in [3.8, 4) is 0 Å². The number of nitrogens with zero attached hydrogens (tertiary/aromatic N) is 2. The van der Waals surface area contributed by atoms with Crippen molar-refractivity contribution in [3.63, 3.8) is 0 Å². The van der Waals surface area contributed by atoms with Crippen molar-refractivity contribution in [2.24, 2.45) is 0 Å². The monoisotopic (exact) mass is 276 g/mol. The largest absolute Gasteiger partial charge is 0.306 e. The molecule has 0 N–H and O–H groups in total. The van der Waals surface area contributed by atoms with Gasteiger partial charge in [0, 0.05) is 12.6 Å². The molecule has 1 saturated heterocycles. The molecule has 1 fully saturated rings. The van der Waals surface area contributed by atoms with Crippen LogP contribution in [0.15, 0.2) is 30.3 Å². The van der Waals surface area contributed by atoms with Gasteiger partial charge in [-0.25, -0.2) is 0 Å². The summed E-state index contributed by atoms with van der Waals surface area (Å²) < 4.78 is 0. The summed E-state index contributed by atoms with van der Waals surface area (Å²) in [7, 11) is 4.38. The molecule has 1 aromatic rings. The fourth-order valence-corrected chi connectivity index (χ4v) is 2.44. The lowest BCUT2D eigenvalue weighted by atomic mass is 10.0. The van der Waals surface area contributed by atoms with Gasteiger partial charge in [-0.15, -0.1) is 0 Å². The van der Waals surface area contributed by atoms with E-state index in [9.17, 15) is 0 Å². The quantitative estimate of drug-likeness (QED) is 0.819. The van der Waals surface area contributed by atoms with Gasteiger partial charge in [-0.3, -0.25) is 4.90 Å². The maximum Gasteiger partial charge on any atom is 0.0233 e. The topological polar surface area (TPSA) is 6.48 Å². The number of piperidine rings is 1. The van der Waals surface area contributed by atoms with Crippen LogP contribution in [-0.4, -0.2) is 43.0 Å². The molecule has 0 spiro atoms. The summed E-state index contributed by atoms with van der Waals surface area (Å²) in [5.41, 5.74) is 1.44. The van der Waals surface area contributed by atoms with E-state index in [0.29, 0.717) is 0 Å². The predicted octanol–water partition coefficient (Wildman–Crippen LogP) is 4.02. The Kier molecular flexibility index (Phi) is 8.56. The first-order valence-corrected chi connectivity index (χ1v) is 8.10. The van der Waals surface area contributed by atoms with Crippen LogP contribution in [0.25, 0.3) is 0 Å². The van der Waals surface area contributed by atoms with E-state index in [0.717, 1.165) is 12.6 Å². The first-order valence-electron chi connectivity index (χ1n) is 8.10. The van der Waals surface area contributed by atoms with E-state index in [-0.39, 0.29) is 0 Å². The van der Waals surface area contributed by atoms with Crippen molar-refractivity contribution in [1.29, 1.82) is 0 Å². The second-order valence-corrected chi connectivity index (χ2v) is 5.96. The number of hydrogen-bond donors (Lipinski definition) is 0. The van der Waals surface area contributed by atoms with Crippen LogP contribution in [0.4, 0.5) is 0 Å². The average molecular weight is 276 g/mol. The lowest BCUT2D eigenvalue weighted by Gasteiger charge is -2.35. The molecular formula is C18H32N2. The normalized spacial score (nSPS) is 16.9. The van der Waals surface area contributed by atoms with Crippen molar-refractivity contribution >= 4 is 0 Å². The van der Waals surface area contributed by atoms with Crippen molar-refractivity contribution in [2.45, 2.75) is 52.1 Å². The van der Waals surface area contributed by atoms with Crippen LogP contribution in [0.2, 0.25) is 0 Å². The Balaban J connectivity index is 0.000000444. The van der Waals surface area contributed by atoms with E-state index < -0.39 is 0 Å². The fraction of sp³-hybridized carbons (Fsp3) is 0.667. The number of hydrogen-bond acceptors (Lipinski definition) is 2. The summed E-state index contributed by atoms with van der Waals surface area (Å²) in [6, 6.07) is 11.6. The molecule has 1 aliphatic rings. The predicted molar refractivity (Wildman–Crippen MR) is 89.0 cm³/mol. The fourth-order valence-electron chi connectivity index (χ4n) is 2.44. The molecule has 0 bridgehead atoms. The molecule has 1 aliphatic heterocycles. The second kappa shape index (κ2) is 9.95. The van der Waals surface area contributed by atoms with E-state index in [1.54, 1.807) is 0 Å². The average Bonchev–Trinajstić information content (AvgIpc) is 2.49. The smallest absolute Gasteiger partial charge is 0.0233 e. The zero-order valence-electron chi connectivity index (χ0n) is 13.8. The van der Waals surface area contributed by atoms with Gasteiger partial charge in [0.15, 0.2) is 0 Å². The van der Waals surface area contributed by atoms with Crippen molar-refractivity contribution in [3.05, 3.63) is 35.9 Å². The molecule has 1 heterocycles. The Morgan fingerprint density at radius 2 is 1.55 bits per heavy atom. The van der Waals surface area contributed by atoms with Crippen LogP contribution in [0.1, 0.15) is 45.1 Å². The maximum atomic E-state index is 2.56. The van der Waals surface area contributed by atoms with Gasteiger partial charge in [0.2, 0.25) is 0 Å². The molecule has 1 aromatic carbocycles. The Labute approximate surface area is 125 Å². The van der Waals surface area contributed by atoms with Gasteiger partial charge in [0.05, 0.1) is 0 Å². The molecular weight excluding hydrogens is 244 g/mol. The lowest BCUT2D eigenvalue weighted by Crippen LogP contribution is -2.41. The van der Waals surface area contributed by atoms with Gasteiger partial charge in [-0.05, 0) is 45.6 Å². The summed E-state index contributed by atoms with van der Waals surface area (Å²) in [6.07, 6.45) is 5.25. The lowest BCUT2D eigenvalue weighted by molar-refractivity contribution is 0.140.